The monoisotopic (exact) mass is 284 g/mol. The Kier molecular flexibility index (Phi) is 4.05. The van der Waals surface area contributed by atoms with Gasteiger partial charge < -0.3 is 14.4 Å². The van der Waals surface area contributed by atoms with Crippen LogP contribution in [0.2, 0.25) is 0 Å². The van der Waals surface area contributed by atoms with Gasteiger partial charge in [0.1, 0.15) is 12.3 Å². The van der Waals surface area contributed by atoms with Gasteiger partial charge in [-0.25, -0.2) is 0 Å². The van der Waals surface area contributed by atoms with Crippen molar-refractivity contribution >= 4 is 5.97 Å². The van der Waals surface area contributed by atoms with E-state index in [-0.39, 0.29) is 0 Å². The Balaban J connectivity index is 2.59. The third kappa shape index (κ3) is 3.09. The number of methoxy groups -OCH3 is 1. The van der Waals surface area contributed by atoms with Gasteiger partial charge in [0.2, 0.25) is 0 Å². The highest BCUT2D eigenvalue weighted by atomic mass is 16.5. The zero-order chi connectivity index (χ0) is 15.4. The molecule has 0 aliphatic carbocycles. The highest BCUT2D eigenvalue weighted by Gasteiger charge is 2.10. The third-order valence-corrected chi connectivity index (χ3v) is 2.93. The number of benzene rings is 1. The van der Waals surface area contributed by atoms with E-state index >= 15 is 0 Å². The number of carboxylic acids is 1. The summed E-state index contributed by atoms with van der Waals surface area (Å²) in [4.78, 5) is 22.4. The van der Waals surface area contributed by atoms with Crippen molar-refractivity contribution in [3.63, 3.8) is 0 Å². The SMILES string of the molecule is COc1ccc(C#N)cc1-c1ccc(=O)n(CC(=O)O)c1. The van der Waals surface area contributed by atoms with Crippen LogP contribution in [0.15, 0.2) is 41.3 Å². The molecule has 1 aromatic heterocycles. The summed E-state index contributed by atoms with van der Waals surface area (Å²) in [6.45, 7) is -0.424. The lowest BCUT2D eigenvalue weighted by atomic mass is 10.0. The van der Waals surface area contributed by atoms with Gasteiger partial charge in [-0.1, -0.05) is 0 Å². The Bertz CT molecular complexity index is 787. The molecular formula is C15H12N2O4. The van der Waals surface area contributed by atoms with Gasteiger partial charge in [0.25, 0.3) is 5.56 Å². The summed E-state index contributed by atoms with van der Waals surface area (Å²) >= 11 is 0. The summed E-state index contributed by atoms with van der Waals surface area (Å²) in [6, 6.07) is 9.79. The van der Waals surface area contributed by atoms with Gasteiger partial charge in [0, 0.05) is 23.4 Å². The number of hydrogen-bond donors (Lipinski definition) is 1. The van der Waals surface area contributed by atoms with E-state index in [4.69, 9.17) is 15.1 Å². The average Bonchev–Trinajstić information content (AvgIpc) is 2.48. The van der Waals surface area contributed by atoms with E-state index in [2.05, 4.69) is 0 Å². The fraction of sp³-hybridized carbons (Fsp3) is 0.133. The Morgan fingerprint density at radius 2 is 2.14 bits per heavy atom. The van der Waals surface area contributed by atoms with E-state index in [1.165, 1.54) is 19.4 Å². The van der Waals surface area contributed by atoms with Crippen LogP contribution in [0.1, 0.15) is 5.56 Å². The number of pyridine rings is 1. The fourth-order valence-corrected chi connectivity index (χ4v) is 1.96. The summed E-state index contributed by atoms with van der Waals surface area (Å²) in [7, 11) is 1.50. The van der Waals surface area contributed by atoms with E-state index in [9.17, 15) is 9.59 Å². The molecule has 2 rings (SSSR count). The molecule has 0 saturated heterocycles. The quantitative estimate of drug-likeness (QED) is 0.918. The first kappa shape index (κ1) is 14.3. The number of aliphatic carboxylic acids is 1. The zero-order valence-electron chi connectivity index (χ0n) is 11.2. The van der Waals surface area contributed by atoms with Crippen molar-refractivity contribution in [2.45, 2.75) is 6.54 Å². The molecule has 0 bridgehead atoms. The van der Waals surface area contributed by atoms with Gasteiger partial charge in [-0.3, -0.25) is 9.59 Å². The van der Waals surface area contributed by atoms with Crippen LogP contribution in [-0.4, -0.2) is 22.8 Å². The molecule has 0 aliphatic heterocycles. The molecule has 1 aromatic carbocycles. The minimum atomic E-state index is -1.10. The lowest BCUT2D eigenvalue weighted by Crippen LogP contribution is -2.22. The van der Waals surface area contributed by atoms with Crippen molar-refractivity contribution < 1.29 is 14.6 Å². The molecule has 0 fully saturated rings. The topological polar surface area (TPSA) is 92.3 Å². The number of aromatic nitrogens is 1. The predicted octanol–water partition coefficient (Wildman–Crippen LogP) is 1.48. The van der Waals surface area contributed by atoms with Crippen molar-refractivity contribution in [3.8, 4) is 22.9 Å². The van der Waals surface area contributed by atoms with Gasteiger partial charge >= 0.3 is 5.97 Å². The molecule has 106 valence electrons. The van der Waals surface area contributed by atoms with Crippen LogP contribution in [0, 0.1) is 11.3 Å². The number of rotatable bonds is 4. The molecule has 6 heteroatoms. The van der Waals surface area contributed by atoms with Crippen LogP contribution in [0.3, 0.4) is 0 Å². The lowest BCUT2D eigenvalue weighted by molar-refractivity contribution is -0.137. The molecule has 0 saturated carbocycles. The van der Waals surface area contributed by atoms with Crippen molar-refractivity contribution in [2.75, 3.05) is 7.11 Å². The first-order valence-corrected chi connectivity index (χ1v) is 6.06. The van der Waals surface area contributed by atoms with Crippen LogP contribution in [0.5, 0.6) is 5.75 Å². The Morgan fingerprint density at radius 3 is 2.76 bits per heavy atom. The molecule has 0 unspecified atom stereocenters. The molecule has 0 amide bonds. The second kappa shape index (κ2) is 5.92. The number of hydrogen-bond acceptors (Lipinski definition) is 4. The van der Waals surface area contributed by atoms with Crippen molar-refractivity contribution in [1.82, 2.24) is 4.57 Å². The maximum atomic E-state index is 11.6. The number of carboxylic acid groups (broad SMARTS) is 1. The summed E-state index contributed by atoms with van der Waals surface area (Å²) < 4.78 is 6.33. The van der Waals surface area contributed by atoms with Gasteiger partial charge in [-0.15, -0.1) is 0 Å². The lowest BCUT2D eigenvalue weighted by Gasteiger charge is -2.10. The van der Waals surface area contributed by atoms with Crippen molar-refractivity contribution in [1.29, 1.82) is 5.26 Å². The van der Waals surface area contributed by atoms with E-state index in [0.29, 0.717) is 22.4 Å². The Labute approximate surface area is 120 Å². The first-order chi connectivity index (χ1) is 10.0. The summed E-state index contributed by atoms with van der Waals surface area (Å²) in [6.07, 6.45) is 1.44. The molecule has 0 atom stereocenters. The minimum absolute atomic E-state index is 0.406. The Hall–Kier alpha value is -3.07. The smallest absolute Gasteiger partial charge is 0.323 e. The second-order valence-electron chi connectivity index (χ2n) is 4.30. The molecule has 6 nitrogen and oxygen atoms in total. The van der Waals surface area contributed by atoms with Gasteiger partial charge in [0.15, 0.2) is 0 Å². The fourth-order valence-electron chi connectivity index (χ4n) is 1.96. The van der Waals surface area contributed by atoms with Gasteiger partial charge in [0.05, 0.1) is 18.7 Å². The molecule has 1 N–H and O–H groups in total. The predicted molar refractivity (Wildman–Crippen MR) is 75.0 cm³/mol. The molecule has 0 radical (unpaired) electrons. The normalized spacial score (nSPS) is 9.90. The zero-order valence-corrected chi connectivity index (χ0v) is 11.2. The van der Waals surface area contributed by atoms with E-state index in [1.807, 2.05) is 6.07 Å². The van der Waals surface area contributed by atoms with Gasteiger partial charge in [-0.2, -0.15) is 5.26 Å². The van der Waals surface area contributed by atoms with Crippen LogP contribution in [0.4, 0.5) is 0 Å². The van der Waals surface area contributed by atoms with Crippen LogP contribution < -0.4 is 10.3 Å². The first-order valence-electron chi connectivity index (χ1n) is 6.06. The maximum Gasteiger partial charge on any atom is 0.323 e. The number of nitrogens with zero attached hydrogens (tertiary/aromatic N) is 2. The minimum Gasteiger partial charge on any atom is -0.496 e. The number of nitriles is 1. The maximum absolute atomic E-state index is 11.6. The second-order valence-corrected chi connectivity index (χ2v) is 4.30. The number of carbonyl (C=O) groups is 1. The highest BCUT2D eigenvalue weighted by molar-refractivity contribution is 5.72. The van der Waals surface area contributed by atoms with E-state index in [1.54, 1.807) is 24.3 Å². The number of ether oxygens (including phenoxy) is 1. The summed E-state index contributed by atoms with van der Waals surface area (Å²) in [5, 5.41) is 17.8. The van der Waals surface area contributed by atoms with E-state index in [0.717, 1.165) is 4.57 Å². The molecule has 2 aromatic rings. The van der Waals surface area contributed by atoms with Crippen molar-refractivity contribution in [2.24, 2.45) is 0 Å². The average molecular weight is 284 g/mol. The van der Waals surface area contributed by atoms with Gasteiger partial charge in [-0.05, 0) is 24.3 Å². The summed E-state index contributed by atoms with van der Waals surface area (Å²) in [5.41, 5.74) is 1.26. The van der Waals surface area contributed by atoms with Crippen LogP contribution >= 0.6 is 0 Å². The van der Waals surface area contributed by atoms with Crippen molar-refractivity contribution in [3.05, 3.63) is 52.4 Å². The molecular weight excluding hydrogens is 272 g/mol. The Morgan fingerprint density at radius 1 is 1.38 bits per heavy atom. The standard InChI is InChI=1S/C15H12N2O4/c1-21-13-4-2-10(7-16)6-12(13)11-3-5-14(18)17(8-11)9-15(19)20/h2-6,8H,9H2,1H3,(H,19,20). The largest absolute Gasteiger partial charge is 0.496 e. The summed E-state index contributed by atoms with van der Waals surface area (Å²) in [5.74, 6) is -0.568. The molecule has 0 aliphatic rings. The van der Waals surface area contributed by atoms with Crippen LogP contribution in [-0.2, 0) is 11.3 Å². The molecule has 1 heterocycles. The molecule has 0 spiro atoms. The van der Waals surface area contributed by atoms with Crippen LogP contribution in [0.25, 0.3) is 11.1 Å². The third-order valence-electron chi connectivity index (χ3n) is 2.93. The van der Waals surface area contributed by atoms with E-state index < -0.39 is 18.1 Å². The molecule has 21 heavy (non-hydrogen) atoms. The highest BCUT2D eigenvalue weighted by Crippen LogP contribution is 2.30.